The molecule has 116 valence electrons. The zero-order valence-corrected chi connectivity index (χ0v) is 13.3. The minimum Gasteiger partial charge on any atom is -0.491 e. The number of ether oxygens (including phenoxy) is 1. The smallest absolute Gasteiger partial charge is 0.319 e. The van der Waals surface area contributed by atoms with Crippen LogP contribution in [-0.4, -0.2) is 19.2 Å². The second-order valence-electron chi connectivity index (χ2n) is 5.31. The maximum absolute atomic E-state index is 11.9. The van der Waals surface area contributed by atoms with Gasteiger partial charge in [-0.15, -0.1) is 0 Å². The van der Waals surface area contributed by atoms with E-state index in [2.05, 4.69) is 10.6 Å². The highest BCUT2D eigenvalue weighted by Crippen LogP contribution is 2.16. The average molecular weight is 298 g/mol. The Bertz CT molecular complexity index is 653. The summed E-state index contributed by atoms with van der Waals surface area (Å²) in [6.45, 7) is 6.88. The zero-order valence-electron chi connectivity index (χ0n) is 13.3. The number of nitrogens with one attached hydrogen (secondary N) is 2. The predicted molar refractivity (Wildman–Crippen MR) is 89.6 cm³/mol. The number of carbonyl (C=O) groups is 1. The Hall–Kier alpha value is -2.49. The molecule has 0 aliphatic heterocycles. The van der Waals surface area contributed by atoms with Gasteiger partial charge in [0.15, 0.2) is 0 Å². The molecule has 0 aromatic heterocycles. The van der Waals surface area contributed by atoms with E-state index in [9.17, 15) is 4.79 Å². The summed E-state index contributed by atoms with van der Waals surface area (Å²) in [6, 6.07) is 13.5. The van der Waals surface area contributed by atoms with Gasteiger partial charge in [0.25, 0.3) is 0 Å². The van der Waals surface area contributed by atoms with Crippen LogP contribution in [0.1, 0.15) is 16.7 Å². The number of rotatable bonds is 5. The molecule has 0 spiro atoms. The van der Waals surface area contributed by atoms with Gasteiger partial charge in [-0.1, -0.05) is 35.9 Å². The maximum Gasteiger partial charge on any atom is 0.319 e. The molecule has 22 heavy (non-hydrogen) atoms. The third-order valence-corrected chi connectivity index (χ3v) is 3.37. The third kappa shape index (κ3) is 4.52. The molecule has 0 aliphatic rings. The fraction of sp³-hybridized carbons (Fsp3) is 0.278. The molecule has 2 aromatic rings. The molecule has 0 saturated carbocycles. The van der Waals surface area contributed by atoms with Crippen LogP contribution in [0.4, 0.5) is 10.5 Å². The van der Waals surface area contributed by atoms with E-state index in [4.69, 9.17) is 4.74 Å². The molecule has 2 rings (SSSR count). The number of carbonyl (C=O) groups excluding carboxylic acids is 1. The lowest BCUT2D eigenvalue weighted by molar-refractivity contribution is 0.247. The van der Waals surface area contributed by atoms with Crippen molar-refractivity contribution in [1.29, 1.82) is 0 Å². The Morgan fingerprint density at radius 1 is 1.05 bits per heavy atom. The van der Waals surface area contributed by atoms with Crippen molar-refractivity contribution in [3.05, 3.63) is 59.2 Å². The van der Waals surface area contributed by atoms with Crippen molar-refractivity contribution in [3.8, 4) is 5.75 Å². The summed E-state index contributed by atoms with van der Waals surface area (Å²) in [5, 5.41) is 5.63. The van der Waals surface area contributed by atoms with Gasteiger partial charge in [0.1, 0.15) is 12.4 Å². The first kappa shape index (κ1) is 15.9. The number of urea groups is 1. The molecular formula is C18H22N2O2. The largest absolute Gasteiger partial charge is 0.491 e. The van der Waals surface area contributed by atoms with Gasteiger partial charge in [-0.3, -0.25) is 0 Å². The second-order valence-corrected chi connectivity index (χ2v) is 5.31. The summed E-state index contributed by atoms with van der Waals surface area (Å²) in [4.78, 5) is 11.9. The zero-order chi connectivity index (χ0) is 15.9. The van der Waals surface area contributed by atoms with Crippen LogP contribution in [0.5, 0.6) is 5.75 Å². The quantitative estimate of drug-likeness (QED) is 0.825. The number of anilines is 1. The molecule has 0 radical (unpaired) electrons. The van der Waals surface area contributed by atoms with Crippen LogP contribution in [0, 0.1) is 20.8 Å². The molecule has 2 N–H and O–H groups in total. The molecule has 2 amide bonds. The first-order valence-corrected chi connectivity index (χ1v) is 7.37. The fourth-order valence-electron chi connectivity index (χ4n) is 2.16. The Labute approximate surface area is 131 Å². The number of hydrogen-bond acceptors (Lipinski definition) is 2. The van der Waals surface area contributed by atoms with Crippen molar-refractivity contribution < 1.29 is 9.53 Å². The second kappa shape index (κ2) is 7.50. The summed E-state index contributed by atoms with van der Waals surface area (Å²) < 4.78 is 5.63. The maximum atomic E-state index is 11.9. The SMILES string of the molecule is Cc1ccc(NC(=O)NCCOc2ccccc2C)c(C)c1. The normalized spacial score (nSPS) is 10.1. The monoisotopic (exact) mass is 298 g/mol. The molecular weight excluding hydrogens is 276 g/mol. The van der Waals surface area contributed by atoms with Crippen LogP contribution in [0.2, 0.25) is 0 Å². The lowest BCUT2D eigenvalue weighted by Gasteiger charge is -2.12. The average Bonchev–Trinajstić information content (AvgIpc) is 2.48. The van der Waals surface area contributed by atoms with Gasteiger partial charge in [0, 0.05) is 5.69 Å². The summed E-state index contributed by atoms with van der Waals surface area (Å²) >= 11 is 0. The van der Waals surface area contributed by atoms with Crippen molar-refractivity contribution in [2.75, 3.05) is 18.5 Å². The Morgan fingerprint density at radius 2 is 1.82 bits per heavy atom. The van der Waals surface area contributed by atoms with E-state index in [1.165, 1.54) is 5.56 Å². The predicted octanol–water partition coefficient (Wildman–Crippen LogP) is 3.81. The summed E-state index contributed by atoms with van der Waals surface area (Å²) in [5.74, 6) is 0.846. The summed E-state index contributed by atoms with van der Waals surface area (Å²) in [6.07, 6.45) is 0. The van der Waals surface area contributed by atoms with E-state index >= 15 is 0 Å². The molecule has 0 saturated heterocycles. The molecule has 4 nitrogen and oxygen atoms in total. The highest BCUT2D eigenvalue weighted by atomic mass is 16.5. The van der Waals surface area contributed by atoms with E-state index in [0.29, 0.717) is 13.2 Å². The van der Waals surface area contributed by atoms with E-state index in [1.807, 2.05) is 63.2 Å². The van der Waals surface area contributed by atoms with Crippen LogP contribution in [0.15, 0.2) is 42.5 Å². The minimum absolute atomic E-state index is 0.222. The van der Waals surface area contributed by atoms with E-state index in [0.717, 1.165) is 22.6 Å². The van der Waals surface area contributed by atoms with Gasteiger partial charge in [0.2, 0.25) is 0 Å². The molecule has 2 aromatic carbocycles. The van der Waals surface area contributed by atoms with Crippen molar-refractivity contribution >= 4 is 11.7 Å². The van der Waals surface area contributed by atoms with Gasteiger partial charge in [-0.25, -0.2) is 4.79 Å². The van der Waals surface area contributed by atoms with Crippen LogP contribution >= 0.6 is 0 Å². The first-order valence-electron chi connectivity index (χ1n) is 7.37. The lowest BCUT2D eigenvalue weighted by Crippen LogP contribution is -2.32. The standard InChI is InChI=1S/C18H22N2O2/c1-13-8-9-16(15(3)12-13)20-18(21)19-10-11-22-17-7-5-4-6-14(17)2/h4-9,12H,10-11H2,1-3H3,(H2,19,20,21). The van der Waals surface area contributed by atoms with Gasteiger partial charge < -0.3 is 15.4 Å². The number of para-hydroxylation sites is 1. The van der Waals surface area contributed by atoms with Gasteiger partial charge >= 0.3 is 6.03 Å². The van der Waals surface area contributed by atoms with Crippen molar-refractivity contribution in [1.82, 2.24) is 5.32 Å². The van der Waals surface area contributed by atoms with Gasteiger partial charge in [-0.05, 0) is 44.0 Å². The lowest BCUT2D eigenvalue weighted by atomic mass is 10.1. The number of aryl methyl sites for hydroxylation is 3. The van der Waals surface area contributed by atoms with E-state index < -0.39 is 0 Å². The number of benzene rings is 2. The molecule has 4 heteroatoms. The Kier molecular flexibility index (Phi) is 5.42. The van der Waals surface area contributed by atoms with Crippen molar-refractivity contribution in [2.45, 2.75) is 20.8 Å². The highest BCUT2D eigenvalue weighted by Gasteiger charge is 2.04. The molecule has 0 heterocycles. The van der Waals surface area contributed by atoms with Gasteiger partial charge in [0.05, 0.1) is 6.54 Å². The van der Waals surface area contributed by atoms with Crippen molar-refractivity contribution in [3.63, 3.8) is 0 Å². The highest BCUT2D eigenvalue weighted by molar-refractivity contribution is 5.90. The third-order valence-electron chi connectivity index (χ3n) is 3.37. The van der Waals surface area contributed by atoms with Gasteiger partial charge in [-0.2, -0.15) is 0 Å². The molecule has 0 bridgehead atoms. The number of hydrogen-bond donors (Lipinski definition) is 2. The van der Waals surface area contributed by atoms with Crippen LogP contribution < -0.4 is 15.4 Å². The van der Waals surface area contributed by atoms with E-state index in [1.54, 1.807) is 0 Å². The van der Waals surface area contributed by atoms with E-state index in [-0.39, 0.29) is 6.03 Å². The Balaban J connectivity index is 1.75. The summed E-state index contributed by atoms with van der Waals surface area (Å²) in [5.41, 5.74) is 4.13. The molecule has 0 atom stereocenters. The summed E-state index contributed by atoms with van der Waals surface area (Å²) in [7, 11) is 0. The Morgan fingerprint density at radius 3 is 2.55 bits per heavy atom. The van der Waals surface area contributed by atoms with Crippen molar-refractivity contribution in [2.24, 2.45) is 0 Å². The first-order chi connectivity index (χ1) is 10.6. The van der Waals surface area contributed by atoms with Crippen LogP contribution in [0.25, 0.3) is 0 Å². The topological polar surface area (TPSA) is 50.4 Å². The molecule has 0 unspecified atom stereocenters. The minimum atomic E-state index is -0.222. The number of amides is 2. The van der Waals surface area contributed by atoms with Crippen LogP contribution in [-0.2, 0) is 0 Å². The van der Waals surface area contributed by atoms with Crippen LogP contribution in [0.3, 0.4) is 0 Å². The molecule has 0 aliphatic carbocycles. The fourth-order valence-corrected chi connectivity index (χ4v) is 2.16. The molecule has 0 fully saturated rings.